The number of para-hydroxylation sites is 3. The van der Waals surface area contributed by atoms with Crippen LogP contribution in [0.2, 0.25) is 0 Å². The van der Waals surface area contributed by atoms with E-state index >= 15 is 0 Å². The zero-order valence-corrected chi connectivity index (χ0v) is 29.4. The fourth-order valence-electron chi connectivity index (χ4n) is 8.32. The fraction of sp³-hybridized carbons (Fsp3) is 0.0196. The van der Waals surface area contributed by atoms with Crippen LogP contribution in [0.15, 0.2) is 200 Å². The van der Waals surface area contributed by atoms with Gasteiger partial charge in [-0.15, -0.1) is 0 Å². The second-order valence-electron chi connectivity index (χ2n) is 13.8. The summed E-state index contributed by atoms with van der Waals surface area (Å²) in [7, 11) is 0. The third-order valence-corrected chi connectivity index (χ3v) is 10.6. The van der Waals surface area contributed by atoms with Gasteiger partial charge in [0, 0.05) is 34.1 Å². The van der Waals surface area contributed by atoms with Crippen LogP contribution in [0.3, 0.4) is 0 Å². The number of rotatable bonds is 6. The van der Waals surface area contributed by atoms with Crippen molar-refractivity contribution in [3.05, 3.63) is 206 Å². The van der Waals surface area contributed by atoms with E-state index in [4.69, 9.17) is 0 Å². The molecule has 0 spiro atoms. The van der Waals surface area contributed by atoms with Crippen molar-refractivity contribution in [1.29, 1.82) is 0 Å². The summed E-state index contributed by atoms with van der Waals surface area (Å²) in [5.41, 5.74) is 8.04. The van der Waals surface area contributed by atoms with E-state index in [0.717, 1.165) is 34.1 Å². The molecule has 0 heterocycles. The molecule has 0 aliphatic heterocycles. The highest BCUT2D eigenvalue weighted by Crippen LogP contribution is 2.47. The summed E-state index contributed by atoms with van der Waals surface area (Å²) in [6.07, 6.45) is 0. The van der Waals surface area contributed by atoms with Crippen molar-refractivity contribution in [2.75, 3.05) is 9.80 Å². The summed E-state index contributed by atoms with van der Waals surface area (Å²) in [4.78, 5) is 4.72. The Morgan fingerprint density at radius 2 is 0.585 bits per heavy atom. The number of hydrogen-bond acceptors (Lipinski definition) is 2. The summed E-state index contributed by atoms with van der Waals surface area (Å²) in [5, 5.41) is 12.7. The predicted octanol–water partition coefficient (Wildman–Crippen LogP) is 14.7. The van der Waals surface area contributed by atoms with Gasteiger partial charge in [-0.1, -0.05) is 127 Å². The van der Waals surface area contributed by atoms with E-state index < -0.39 is 0 Å². The second kappa shape index (κ2) is 12.7. The van der Waals surface area contributed by atoms with Crippen LogP contribution >= 0.6 is 0 Å². The second-order valence-corrected chi connectivity index (χ2v) is 13.8. The molecule has 0 saturated heterocycles. The van der Waals surface area contributed by atoms with Gasteiger partial charge in [0.1, 0.15) is 0 Å². The summed E-state index contributed by atoms with van der Waals surface area (Å²) in [5.74, 6) is 0. The predicted molar refractivity (Wildman–Crippen MR) is 228 cm³/mol. The maximum atomic E-state index is 2.39. The number of anilines is 6. The standard InChI is InChI=1S/C51H36N2/c1-35-16-15-23-39(32-35)53(38-21-9-4-10-22-38)41-29-31-47-49(34-41)43-25-12-14-27-45(43)50-46-30-28-40(33-48(46)42-24-11-13-26-44(42)51(47)50)52(36-17-5-2-6-18-36)37-19-7-3-8-20-37/h2-34H,1H3. The first-order valence-electron chi connectivity index (χ1n) is 18.3. The largest absolute Gasteiger partial charge is 0.310 e. The van der Waals surface area contributed by atoms with Crippen LogP contribution in [-0.4, -0.2) is 0 Å². The van der Waals surface area contributed by atoms with Crippen LogP contribution < -0.4 is 9.80 Å². The average Bonchev–Trinajstić information content (AvgIpc) is 3.22. The van der Waals surface area contributed by atoms with Crippen LogP contribution in [-0.2, 0) is 0 Å². The van der Waals surface area contributed by atoms with E-state index in [1.54, 1.807) is 0 Å². The zero-order valence-electron chi connectivity index (χ0n) is 29.4. The maximum Gasteiger partial charge on any atom is 0.0468 e. The molecule has 0 bridgehead atoms. The molecule has 2 nitrogen and oxygen atoms in total. The Balaban J connectivity index is 1.27. The van der Waals surface area contributed by atoms with Gasteiger partial charge in [0.25, 0.3) is 0 Å². The van der Waals surface area contributed by atoms with Crippen molar-refractivity contribution in [1.82, 2.24) is 0 Å². The van der Waals surface area contributed by atoms with Crippen molar-refractivity contribution < 1.29 is 0 Å². The molecule has 0 fully saturated rings. The third kappa shape index (κ3) is 5.19. The van der Waals surface area contributed by atoms with Crippen molar-refractivity contribution in [2.24, 2.45) is 0 Å². The first kappa shape index (κ1) is 30.9. The van der Waals surface area contributed by atoms with Crippen LogP contribution in [0.4, 0.5) is 34.1 Å². The zero-order chi connectivity index (χ0) is 35.3. The topological polar surface area (TPSA) is 6.48 Å². The van der Waals surface area contributed by atoms with E-state index in [2.05, 4.69) is 217 Å². The molecule has 0 radical (unpaired) electrons. The number of nitrogens with zero attached hydrogens (tertiary/aromatic N) is 2. The van der Waals surface area contributed by atoms with Gasteiger partial charge in [-0.3, -0.25) is 0 Å². The molecule has 10 aromatic carbocycles. The van der Waals surface area contributed by atoms with Crippen LogP contribution in [0.5, 0.6) is 0 Å². The molecule has 0 saturated carbocycles. The van der Waals surface area contributed by atoms with Gasteiger partial charge < -0.3 is 9.80 Å². The molecule has 0 aromatic heterocycles. The summed E-state index contributed by atoms with van der Waals surface area (Å²) in [6.45, 7) is 2.16. The highest BCUT2D eigenvalue weighted by molar-refractivity contribution is 6.39. The number of fused-ring (bicyclic) bond motifs is 11. The van der Waals surface area contributed by atoms with Gasteiger partial charge in [-0.25, -0.2) is 0 Å². The smallest absolute Gasteiger partial charge is 0.0468 e. The normalized spacial score (nSPS) is 11.5. The lowest BCUT2D eigenvalue weighted by Crippen LogP contribution is -2.10. The van der Waals surface area contributed by atoms with Crippen LogP contribution in [0.1, 0.15) is 5.56 Å². The average molecular weight is 677 g/mol. The van der Waals surface area contributed by atoms with E-state index in [0.29, 0.717) is 0 Å². The van der Waals surface area contributed by atoms with Crippen molar-refractivity contribution >= 4 is 88.0 Å². The molecular weight excluding hydrogens is 641 g/mol. The summed E-state index contributed by atoms with van der Waals surface area (Å²) < 4.78 is 0. The Morgan fingerprint density at radius 1 is 0.245 bits per heavy atom. The minimum absolute atomic E-state index is 1.13. The lowest BCUT2D eigenvalue weighted by atomic mass is 9.87. The van der Waals surface area contributed by atoms with Gasteiger partial charge in [-0.05, 0) is 139 Å². The molecule has 0 amide bonds. The van der Waals surface area contributed by atoms with Gasteiger partial charge >= 0.3 is 0 Å². The minimum atomic E-state index is 1.13. The lowest BCUT2D eigenvalue weighted by molar-refractivity contribution is 1.28. The molecule has 53 heavy (non-hydrogen) atoms. The molecule has 10 aromatic rings. The molecule has 2 heteroatoms. The van der Waals surface area contributed by atoms with Crippen molar-refractivity contribution in [3.63, 3.8) is 0 Å². The monoisotopic (exact) mass is 676 g/mol. The molecule has 10 rings (SSSR count). The quantitative estimate of drug-likeness (QED) is 0.162. The first-order valence-corrected chi connectivity index (χ1v) is 18.3. The molecular formula is C51H36N2. The Morgan fingerprint density at radius 3 is 1.02 bits per heavy atom. The Kier molecular flexibility index (Phi) is 7.40. The van der Waals surface area contributed by atoms with Crippen LogP contribution in [0, 0.1) is 6.92 Å². The Hall–Kier alpha value is -6.90. The number of hydrogen-bond donors (Lipinski definition) is 0. The van der Waals surface area contributed by atoms with E-state index in [1.165, 1.54) is 59.4 Å². The van der Waals surface area contributed by atoms with E-state index in [-0.39, 0.29) is 0 Å². The van der Waals surface area contributed by atoms with Crippen LogP contribution in [0.25, 0.3) is 53.9 Å². The molecule has 0 aliphatic rings. The number of benzene rings is 10. The molecule has 0 aliphatic carbocycles. The first-order chi connectivity index (χ1) is 26.2. The lowest BCUT2D eigenvalue weighted by Gasteiger charge is -2.27. The number of aryl methyl sites for hydroxylation is 1. The van der Waals surface area contributed by atoms with E-state index in [9.17, 15) is 0 Å². The Labute approximate surface area is 309 Å². The highest BCUT2D eigenvalue weighted by Gasteiger charge is 2.20. The fourth-order valence-corrected chi connectivity index (χ4v) is 8.32. The highest BCUT2D eigenvalue weighted by atomic mass is 15.1. The molecule has 250 valence electrons. The van der Waals surface area contributed by atoms with Gasteiger partial charge in [0.05, 0.1) is 0 Å². The summed E-state index contributed by atoms with van der Waals surface area (Å²) in [6, 6.07) is 72.8. The van der Waals surface area contributed by atoms with Crippen molar-refractivity contribution in [2.45, 2.75) is 6.92 Å². The van der Waals surface area contributed by atoms with Gasteiger partial charge in [0.2, 0.25) is 0 Å². The summed E-state index contributed by atoms with van der Waals surface area (Å²) >= 11 is 0. The SMILES string of the molecule is Cc1cccc(N(c2ccccc2)c2ccc3c(c2)c2ccccc2c2c4ccc(N(c5ccccc5)c5ccccc5)cc4c4ccccc4c32)c1. The minimum Gasteiger partial charge on any atom is -0.310 e. The van der Waals surface area contributed by atoms with Crippen molar-refractivity contribution in [3.8, 4) is 0 Å². The Bertz CT molecular complexity index is 2910. The van der Waals surface area contributed by atoms with Gasteiger partial charge in [0.15, 0.2) is 0 Å². The van der Waals surface area contributed by atoms with E-state index in [1.807, 2.05) is 0 Å². The molecule has 0 unspecified atom stereocenters. The maximum absolute atomic E-state index is 2.39. The third-order valence-electron chi connectivity index (χ3n) is 10.6. The van der Waals surface area contributed by atoms with Gasteiger partial charge in [-0.2, -0.15) is 0 Å². The molecule has 0 atom stereocenters. The molecule has 0 N–H and O–H groups in total.